The number of hydrogen-bond donors (Lipinski definition) is 1. The molecule has 1 fully saturated rings. The molecule has 5 nitrogen and oxygen atoms in total. The topological polar surface area (TPSA) is 68.1 Å². The van der Waals surface area contributed by atoms with E-state index in [9.17, 15) is 10.1 Å². The summed E-state index contributed by atoms with van der Waals surface area (Å²) < 4.78 is 0. The molecule has 0 amide bonds. The van der Waals surface area contributed by atoms with E-state index in [0.717, 1.165) is 6.54 Å². The van der Waals surface area contributed by atoms with Gasteiger partial charge in [0.1, 0.15) is 11.9 Å². The number of aromatic nitrogens is 1. The Kier molecular flexibility index (Phi) is 4.57. The highest BCUT2D eigenvalue weighted by Gasteiger charge is 2.34. The minimum Gasteiger partial charge on any atom is -0.379 e. The standard InChI is InChI=1S/C15H23N3O2/c1-12(2)9-15(6-3-4-7-15)11-17-13-5-8-16-10-14(13)18(19)20/h5,8,10,12H,3-4,6-7,9,11H2,1-2H3,(H,16,17). The van der Waals surface area contributed by atoms with Crippen LogP contribution in [0.25, 0.3) is 0 Å². The molecule has 0 radical (unpaired) electrons. The van der Waals surface area contributed by atoms with E-state index in [4.69, 9.17) is 0 Å². The van der Waals surface area contributed by atoms with Crippen LogP contribution in [0.4, 0.5) is 11.4 Å². The highest BCUT2D eigenvalue weighted by Crippen LogP contribution is 2.43. The average molecular weight is 277 g/mol. The molecule has 1 aliphatic rings. The molecule has 0 aliphatic heterocycles. The van der Waals surface area contributed by atoms with Gasteiger partial charge in [-0.3, -0.25) is 15.1 Å². The lowest BCUT2D eigenvalue weighted by Gasteiger charge is -2.31. The van der Waals surface area contributed by atoms with E-state index in [1.54, 1.807) is 12.3 Å². The SMILES string of the molecule is CC(C)CC1(CNc2ccncc2[N+](=O)[O-])CCCC1. The first kappa shape index (κ1) is 14.8. The molecule has 5 heteroatoms. The lowest BCUT2D eigenvalue weighted by atomic mass is 9.78. The third-order valence-corrected chi connectivity index (χ3v) is 4.16. The second-order valence-electron chi connectivity index (χ2n) is 6.31. The van der Waals surface area contributed by atoms with E-state index in [-0.39, 0.29) is 10.6 Å². The Morgan fingerprint density at radius 3 is 2.75 bits per heavy atom. The molecule has 20 heavy (non-hydrogen) atoms. The molecule has 0 aromatic carbocycles. The maximum absolute atomic E-state index is 11.0. The second-order valence-corrected chi connectivity index (χ2v) is 6.31. The Bertz CT molecular complexity index is 468. The summed E-state index contributed by atoms with van der Waals surface area (Å²) in [6.07, 6.45) is 9.07. The van der Waals surface area contributed by atoms with Crippen molar-refractivity contribution in [1.29, 1.82) is 0 Å². The van der Waals surface area contributed by atoms with E-state index in [1.165, 1.54) is 38.3 Å². The third-order valence-electron chi connectivity index (χ3n) is 4.16. The van der Waals surface area contributed by atoms with Gasteiger partial charge in [0.2, 0.25) is 0 Å². The Balaban J connectivity index is 2.08. The average Bonchev–Trinajstić information content (AvgIpc) is 2.84. The highest BCUT2D eigenvalue weighted by molar-refractivity contribution is 5.59. The van der Waals surface area contributed by atoms with Crippen molar-refractivity contribution >= 4 is 11.4 Å². The molecule has 1 aromatic heterocycles. The van der Waals surface area contributed by atoms with Gasteiger partial charge >= 0.3 is 5.69 Å². The monoisotopic (exact) mass is 277 g/mol. The van der Waals surface area contributed by atoms with Gasteiger partial charge in [-0.25, -0.2) is 0 Å². The van der Waals surface area contributed by atoms with Crippen molar-refractivity contribution in [2.75, 3.05) is 11.9 Å². The molecule has 0 unspecified atom stereocenters. The molecule has 1 N–H and O–H groups in total. The molecule has 2 rings (SSSR count). The van der Waals surface area contributed by atoms with Crippen LogP contribution >= 0.6 is 0 Å². The van der Waals surface area contributed by atoms with Crippen LogP contribution in [-0.2, 0) is 0 Å². The molecule has 1 aliphatic carbocycles. The predicted octanol–water partition coefficient (Wildman–Crippen LogP) is 4.01. The quantitative estimate of drug-likeness (QED) is 0.630. The largest absolute Gasteiger partial charge is 0.379 e. The number of hydrogen-bond acceptors (Lipinski definition) is 4. The van der Waals surface area contributed by atoms with Crippen molar-refractivity contribution in [2.24, 2.45) is 11.3 Å². The molecule has 1 heterocycles. The Morgan fingerprint density at radius 2 is 2.15 bits per heavy atom. The normalized spacial score (nSPS) is 17.4. The van der Waals surface area contributed by atoms with Crippen LogP contribution in [0.2, 0.25) is 0 Å². The van der Waals surface area contributed by atoms with Gasteiger partial charge in [-0.2, -0.15) is 0 Å². The van der Waals surface area contributed by atoms with Crippen LogP contribution in [-0.4, -0.2) is 16.5 Å². The summed E-state index contributed by atoms with van der Waals surface area (Å²) in [6, 6.07) is 1.69. The van der Waals surface area contributed by atoms with Crippen LogP contribution in [0, 0.1) is 21.4 Å². The molecular weight excluding hydrogens is 254 g/mol. The zero-order valence-electron chi connectivity index (χ0n) is 12.3. The van der Waals surface area contributed by atoms with Crippen molar-refractivity contribution in [3.05, 3.63) is 28.6 Å². The number of nitrogens with zero attached hydrogens (tertiary/aromatic N) is 2. The van der Waals surface area contributed by atoms with Crippen LogP contribution < -0.4 is 5.32 Å². The molecule has 0 bridgehead atoms. The van der Waals surface area contributed by atoms with E-state index >= 15 is 0 Å². The number of rotatable bonds is 6. The van der Waals surface area contributed by atoms with E-state index in [2.05, 4.69) is 24.1 Å². The summed E-state index contributed by atoms with van der Waals surface area (Å²) in [5.74, 6) is 0.655. The Labute approximate surface area is 119 Å². The zero-order valence-corrected chi connectivity index (χ0v) is 12.3. The smallest absolute Gasteiger partial charge is 0.310 e. The molecule has 0 spiro atoms. The van der Waals surface area contributed by atoms with Crippen molar-refractivity contribution in [3.63, 3.8) is 0 Å². The van der Waals surface area contributed by atoms with Gasteiger partial charge in [0.15, 0.2) is 0 Å². The van der Waals surface area contributed by atoms with Crippen molar-refractivity contribution in [1.82, 2.24) is 4.98 Å². The zero-order chi connectivity index (χ0) is 14.6. The molecule has 110 valence electrons. The number of pyridine rings is 1. The van der Waals surface area contributed by atoms with Crippen molar-refractivity contribution < 1.29 is 4.92 Å². The van der Waals surface area contributed by atoms with Gasteiger partial charge in [0, 0.05) is 12.7 Å². The maximum Gasteiger partial charge on any atom is 0.310 e. The lowest BCUT2D eigenvalue weighted by molar-refractivity contribution is -0.384. The van der Waals surface area contributed by atoms with E-state index in [1.807, 2.05) is 0 Å². The number of nitrogens with one attached hydrogen (secondary N) is 1. The fraction of sp³-hybridized carbons (Fsp3) is 0.667. The second kappa shape index (κ2) is 6.20. The minimum atomic E-state index is -0.376. The third kappa shape index (κ3) is 3.46. The first-order chi connectivity index (χ1) is 9.52. The molecule has 1 aromatic rings. The van der Waals surface area contributed by atoms with Gasteiger partial charge in [0.05, 0.1) is 4.92 Å². The van der Waals surface area contributed by atoms with Crippen LogP contribution in [0.1, 0.15) is 46.0 Å². The molecular formula is C15H23N3O2. The highest BCUT2D eigenvalue weighted by atomic mass is 16.6. The number of anilines is 1. The van der Waals surface area contributed by atoms with Gasteiger partial charge in [-0.1, -0.05) is 26.7 Å². The Morgan fingerprint density at radius 1 is 1.45 bits per heavy atom. The van der Waals surface area contributed by atoms with Gasteiger partial charge < -0.3 is 5.32 Å². The summed E-state index contributed by atoms with van der Waals surface area (Å²) in [4.78, 5) is 14.5. The van der Waals surface area contributed by atoms with Crippen LogP contribution in [0.5, 0.6) is 0 Å². The first-order valence-electron chi connectivity index (χ1n) is 7.35. The fourth-order valence-corrected chi connectivity index (χ4v) is 3.41. The van der Waals surface area contributed by atoms with Crippen LogP contribution in [0.15, 0.2) is 18.5 Å². The maximum atomic E-state index is 11.0. The van der Waals surface area contributed by atoms with Gasteiger partial charge in [0.25, 0.3) is 0 Å². The first-order valence-corrected chi connectivity index (χ1v) is 7.35. The van der Waals surface area contributed by atoms with Crippen molar-refractivity contribution in [3.8, 4) is 0 Å². The summed E-state index contributed by atoms with van der Waals surface area (Å²) in [7, 11) is 0. The van der Waals surface area contributed by atoms with Gasteiger partial charge in [-0.05, 0) is 36.7 Å². The predicted molar refractivity (Wildman–Crippen MR) is 79.7 cm³/mol. The molecule has 0 atom stereocenters. The summed E-state index contributed by atoms with van der Waals surface area (Å²) in [5.41, 5.74) is 0.941. The lowest BCUT2D eigenvalue weighted by Crippen LogP contribution is -2.28. The molecule has 1 saturated carbocycles. The van der Waals surface area contributed by atoms with Crippen molar-refractivity contribution in [2.45, 2.75) is 46.0 Å². The molecule has 0 saturated heterocycles. The summed E-state index contributed by atoms with van der Waals surface area (Å²) in [5, 5.41) is 14.3. The summed E-state index contributed by atoms with van der Waals surface area (Å²) in [6.45, 7) is 5.31. The van der Waals surface area contributed by atoms with E-state index in [0.29, 0.717) is 17.0 Å². The fourth-order valence-electron chi connectivity index (χ4n) is 3.41. The minimum absolute atomic E-state index is 0.0604. The van der Waals surface area contributed by atoms with Crippen LogP contribution in [0.3, 0.4) is 0 Å². The number of nitro groups is 1. The van der Waals surface area contributed by atoms with Gasteiger partial charge in [-0.15, -0.1) is 0 Å². The summed E-state index contributed by atoms with van der Waals surface area (Å²) >= 11 is 0. The Hall–Kier alpha value is -1.65. The van der Waals surface area contributed by atoms with E-state index < -0.39 is 0 Å².